The number of rotatable bonds is 6. The number of nitrogens with zero attached hydrogens (tertiary/aromatic N) is 3. The summed E-state index contributed by atoms with van der Waals surface area (Å²) in [7, 11) is 5.32. The average molecular weight is 389 g/mol. The van der Waals surface area contributed by atoms with E-state index in [1.54, 1.807) is 37.2 Å². The van der Waals surface area contributed by atoms with Gasteiger partial charge in [-0.15, -0.1) is 0 Å². The van der Waals surface area contributed by atoms with Gasteiger partial charge in [0, 0.05) is 52.9 Å². The maximum absolute atomic E-state index is 12.3. The van der Waals surface area contributed by atoms with Crippen molar-refractivity contribution in [2.45, 2.75) is 12.5 Å². The van der Waals surface area contributed by atoms with Gasteiger partial charge in [-0.3, -0.25) is 9.59 Å². The van der Waals surface area contributed by atoms with Crippen LogP contribution >= 0.6 is 0 Å². The fourth-order valence-corrected chi connectivity index (χ4v) is 3.34. The van der Waals surface area contributed by atoms with E-state index in [4.69, 9.17) is 4.74 Å². The molecule has 2 aliphatic rings. The Morgan fingerprint density at radius 2 is 2.14 bits per heavy atom. The third kappa shape index (κ3) is 4.29. The van der Waals surface area contributed by atoms with Crippen molar-refractivity contribution in [2.75, 3.05) is 58.8 Å². The Hall–Kier alpha value is -2.97. The highest BCUT2D eigenvalue weighted by molar-refractivity contribution is 5.95. The smallest absolute Gasteiger partial charge is 0.317 e. The van der Waals surface area contributed by atoms with Crippen molar-refractivity contribution in [1.82, 2.24) is 20.4 Å². The molecular weight excluding hydrogens is 362 g/mol. The Labute approximate surface area is 164 Å². The first-order valence-electron chi connectivity index (χ1n) is 9.37. The van der Waals surface area contributed by atoms with Crippen LogP contribution in [0, 0.1) is 0 Å². The lowest BCUT2D eigenvalue weighted by Crippen LogP contribution is -2.45. The summed E-state index contributed by atoms with van der Waals surface area (Å²) in [5.74, 6) is 0.528. The molecule has 0 aromatic heterocycles. The molecule has 2 aliphatic heterocycles. The van der Waals surface area contributed by atoms with Crippen molar-refractivity contribution in [2.24, 2.45) is 0 Å². The molecular formula is C19H27N5O4. The van der Waals surface area contributed by atoms with E-state index in [1.807, 2.05) is 11.9 Å². The Kier molecular flexibility index (Phi) is 5.91. The monoisotopic (exact) mass is 389 g/mol. The first-order valence-corrected chi connectivity index (χ1v) is 9.37. The molecule has 152 valence electrons. The molecule has 0 spiro atoms. The van der Waals surface area contributed by atoms with E-state index < -0.39 is 0 Å². The number of ether oxygens (including phenoxy) is 1. The number of benzene rings is 1. The van der Waals surface area contributed by atoms with Crippen molar-refractivity contribution < 1.29 is 19.1 Å². The van der Waals surface area contributed by atoms with Gasteiger partial charge in [0.2, 0.25) is 5.91 Å². The molecule has 28 heavy (non-hydrogen) atoms. The van der Waals surface area contributed by atoms with Gasteiger partial charge >= 0.3 is 6.03 Å². The van der Waals surface area contributed by atoms with Crippen LogP contribution in [0.3, 0.4) is 0 Å². The summed E-state index contributed by atoms with van der Waals surface area (Å²) >= 11 is 0. The number of anilines is 1. The Bertz CT molecular complexity index is 767. The molecule has 2 N–H and O–H groups in total. The van der Waals surface area contributed by atoms with Gasteiger partial charge in [-0.2, -0.15) is 0 Å². The quantitative estimate of drug-likeness (QED) is 0.721. The predicted molar refractivity (Wildman–Crippen MR) is 105 cm³/mol. The molecule has 9 nitrogen and oxygen atoms in total. The van der Waals surface area contributed by atoms with Crippen LogP contribution in [0.4, 0.5) is 10.5 Å². The number of nitrogens with one attached hydrogen (secondary N) is 2. The van der Waals surface area contributed by atoms with E-state index in [0.717, 1.165) is 5.69 Å². The lowest BCUT2D eigenvalue weighted by atomic mass is 10.1. The molecule has 9 heteroatoms. The number of carbonyl (C=O) groups excluding carboxylic acids is 3. The molecule has 1 aromatic carbocycles. The van der Waals surface area contributed by atoms with Crippen LogP contribution in [0.2, 0.25) is 0 Å². The molecule has 0 radical (unpaired) electrons. The van der Waals surface area contributed by atoms with Crippen molar-refractivity contribution in [3.05, 3.63) is 23.8 Å². The van der Waals surface area contributed by atoms with Crippen molar-refractivity contribution in [1.29, 1.82) is 0 Å². The minimum atomic E-state index is -0.132. The Balaban J connectivity index is 1.56. The van der Waals surface area contributed by atoms with Crippen LogP contribution < -0.4 is 20.3 Å². The third-order valence-corrected chi connectivity index (χ3v) is 5.04. The minimum Gasteiger partial charge on any atom is -0.489 e. The maximum Gasteiger partial charge on any atom is 0.317 e. The van der Waals surface area contributed by atoms with Gasteiger partial charge in [-0.25, -0.2) is 4.79 Å². The van der Waals surface area contributed by atoms with Crippen molar-refractivity contribution >= 4 is 23.5 Å². The zero-order valence-corrected chi connectivity index (χ0v) is 16.5. The van der Waals surface area contributed by atoms with E-state index in [9.17, 15) is 14.4 Å². The van der Waals surface area contributed by atoms with E-state index in [-0.39, 0.29) is 30.3 Å². The van der Waals surface area contributed by atoms with E-state index in [2.05, 4.69) is 10.6 Å². The van der Waals surface area contributed by atoms with Crippen LogP contribution in [0.25, 0.3) is 0 Å². The largest absolute Gasteiger partial charge is 0.489 e. The van der Waals surface area contributed by atoms with Crippen LogP contribution in [0.15, 0.2) is 18.2 Å². The molecule has 0 bridgehead atoms. The van der Waals surface area contributed by atoms with Gasteiger partial charge in [-0.1, -0.05) is 0 Å². The molecule has 1 saturated heterocycles. The molecule has 1 fully saturated rings. The summed E-state index contributed by atoms with van der Waals surface area (Å²) in [5, 5.41) is 5.59. The number of urea groups is 1. The van der Waals surface area contributed by atoms with Gasteiger partial charge in [0.25, 0.3) is 5.91 Å². The molecule has 2 heterocycles. The third-order valence-electron chi connectivity index (χ3n) is 5.04. The summed E-state index contributed by atoms with van der Waals surface area (Å²) in [6.45, 7) is 2.62. The molecule has 0 unspecified atom stereocenters. The molecule has 0 saturated carbocycles. The highest BCUT2D eigenvalue weighted by atomic mass is 16.5. The Morgan fingerprint density at radius 3 is 2.82 bits per heavy atom. The lowest BCUT2D eigenvalue weighted by Gasteiger charge is -2.36. The molecule has 4 amide bonds. The van der Waals surface area contributed by atoms with Crippen LogP contribution in [-0.4, -0.2) is 87.6 Å². The van der Waals surface area contributed by atoms with Gasteiger partial charge in [0.15, 0.2) is 0 Å². The van der Waals surface area contributed by atoms with Crippen LogP contribution in [0.5, 0.6) is 5.75 Å². The second-order valence-corrected chi connectivity index (χ2v) is 7.23. The number of hydrogen-bond acceptors (Lipinski definition) is 5. The van der Waals surface area contributed by atoms with E-state index in [1.165, 1.54) is 4.90 Å². The number of likely N-dealkylation sites (N-methyl/N-ethyl adjacent to an activating group) is 1. The Morgan fingerprint density at radius 1 is 1.36 bits per heavy atom. The number of amides is 4. The SMILES string of the molecule is CN(C)C(=O)c1ccc2c(c1)N(C)[C@H](CC(=O)NCCN1CCNC1=O)CO2. The normalized spacial score (nSPS) is 18.2. The van der Waals surface area contributed by atoms with Gasteiger partial charge in [-0.05, 0) is 18.2 Å². The zero-order chi connectivity index (χ0) is 20.3. The number of hydrogen-bond donors (Lipinski definition) is 2. The predicted octanol–water partition coefficient (Wildman–Crippen LogP) is 0.117. The van der Waals surface area contributed by atoms with Crippen LogP contribution in [-0.2, 0) is 4.79 Å². The highest BCUT2D eigenvalue weighted by Crippen LogP contribution is 2.34. The van der Waals surface area contributed by atoms with Gasteiger partial charge < -0.3 is 30.1 Å². The molecule has 3 rings (SSSR count). The van der Waals surface area contributed by atoms with Crippen molar-refractivity contribution in [3.63, 3.8) is 0 Å². The average Bonchev–Trinajstić information content (AvgIpc) is 3.08. The zero-order valence-electron chi connectivity index (χ0n) is 16.5. The number of fused-ring (bicyclic) bond motifs is 1. The summed E-state index contributed by atoms with van der Waals surface area (Å²) in [6.07, 6.45) is 0.272. The summed E-state index contributed by atoms with van der Waals surface area (Å²) in [4.78, 5) is 41.2. The highest BCUT2D eigenvalue weighted by Gasteiger charge is 2.28. The second kappa shape index (κ2) is 8.37. The van der Waals surface area contributed by atoms with E-state index in [0.29, 0.717) is 44.1 Å². The minimum absolute atomic E-state index is 0.0815. The first kappa shape index (κ1) is 19.8. The molecule has 1 atom stereocenters. The number of carbonyl (C=O) groups is 3. The summed E-state index contributed by atoms with van der Waals surface area (Å²) < 4.78 is 5.79. The van der Waals surface area contributed by atoms with Crippen molar-refractivity contribution in [3.8, 4) is 5.75 Å². The standard InChI is InChI=1S/C19H27N5O4/c1-22(2)18(26)13-4-5-16-15(10-13)23(3)14(12-28-16)11-17(25)20-6-8-24-9-7-21-19(24)27/h4-5,10,14H,6-9,11-12H2,1-3H3,(H,20,25)(H,21,27)/t14-/m1/s1. The summed E-state index contributed by atoms with van der Waals surface area (Å²) in [5.41, 5.74) is 1.37. The fraction of sp³-hybridized carbons (Fsp3) is 0.526. The van der Waals surface area contributed by atoms with Gasteiger partial charge in [0.05, 0.1) is 18.2 Å². The summed E-state index contributed by atoms with van der Waals surface area (Å²) in [6, 6.07) is 5.12. The lowest BCUT2D eigenvalue weighted by molar-refractivity contribution is -0.121. The van der Waals surface area contributed by atoms with Crippen LogP contribution in [0.1, 0.15) is 16.8 Å². The topological polar surface area (TPSA) is 94.2 Å². The van der Waals surface area contributed by atoms with E-state index >= 15 is 0 Å². The van der Waals surface area contributed by atoms with Gasteiger partial charge in [0.1, 0.15) is 12.4 Å². The fourth-order valence-electron chi connectivity index (χ4n) is 3.34. The first-order chi connectivity index (χ1) is 13.4. The molecule has 0 aliphatic carbocycles. The maximum atomic E-state index is 12.3. The second-order valence-electron chi connectivity index (χ2n) is 7.23. The molecule has 1 aromatic rings.